The lowest BCUT2D eigenvalue weighted by molar-refractivity contribution is -0.145. The van der Waals surface area contributed by atoms with Gasteiger partial charge >= 0.3 is 0 Å². The molecule has 5 heteroatoms. The molecule has 29 heavy (non-hydrogen) atoms. The van der Waals surface area contributed by atoms with Gasteiger partial charge in [-0.2, -0.15) is 5.32 Å². The molecule has 2 unspecified atom stereocenters. The van der Waals surface area contributed by atoms with E-state index in [1.165, 1.54) is 38.5 Å². The fourth-order valence-corrected chi connectivity index (χ4v) is 4.65. The molecule has 1 radical (unpaired) electrons. The predicted octanol–water partition coefficient (Wildman–Crippen LogP) is 5.29. The highest BCUT2D eigenvalue weighted by atomic mass is 16.6. The van der Waals surface area contributed by atoms with E-state index in [2.05, 4.69) is 13.8 Å². The van der Waals surface area contributed by atoms with Crippen LogP contribution in [0.1, 0.15) is 91.9 Å². The highest BCUT2D eigenvalue weighted by Gasteiger charge is 2.28. The van der Waals surface area contributed by atoms with Crippen molar-refractivity contribution in [2.75, 3.05) is 26.4 Å². The van der Waals surface area contributed by atoms with E-state index in [1.807, 2.05) is 13.8 Å². The van der Waals surface area contributed by atoms with Gasteiger partial charge in [0.2, 0.25) is 0 Å². The van der Waals surface area contributed by atoms with Crippen molar-refractivity contribution in [2.24, 2.45) is 11.8 Å². The minimum Gasteiger partial charge on any atom is -0.378 e. The number of nitrogens with zero attached hydrogens (tertiary/aromatic N) is 1. The van der Waals surface area contributed by atoms with Crippen molar-refractivity contribution in [3.05, 3.63) is 0 Å². The summed E-state index contributed by atoms with van der Waals surface area (Å²) in [5, 5.41) is 4.92. The summed E-state index contributed by atoms with van der Waals surface area (Å²) in [5.74, 6) is 1.73. The molecule has 0 aromatic heterocycles. The maximum atomic E-state index is 6.39. The molecule has 0 spiro atoms. The molecular formula is C24H46NO4. The SMILES string of the molecule is CCOCC([N]C(COCC)OC1CCC(CC)CC1)OC1CCC(CC)CC1. The van der Waals surface area contributed by atoms with Crippen molar-refractivity contribution >= 4 is 0 Å². The third-order valence-corrected chi connectivity index (χ3v) is 6.70. The van der Waals surface area contributed by atoms with Crippen LogP contribution in [-0.4, -0.2) is 51.1 Å². The summed E-state index contributed by atoms with van der Waals surface area (Å²) >= 11 is 0. The lowest BCUT2D eigenvalue weighted by Gasteiger charge is -2.34. The molecule has 0 aromatic carbocycles. The third-order valence-electron chi connectivity index (χ3n) is 6.70. The first-order valence-electron chi connectivity index (χ1n) is 12.3. The van der Waals surface area contributed by atoms with E-state index in [1.54, 1.807) is 0 Å². The zero-order valence-electron chi connectivity index (χ0n) is 19.4. The molecule has 2 atom stereocenters. The molecule has 171 valence electrons. The van der Waals surface area contributed by atoms with Gasteiger partial charge in [0.1, 0.15) is 12.5 Å². The predicted molar refractivity (Wildman–Crippen MR) is 117 cm³/mol. The van der Waals surface area contributed by atoms with Crippen LogP contribution in [-0.2, 0) is 18.9 Å². The van der Waals surface area contributed by atoms with Gasteiger partial charge in [-0.15, -0.1) is 0 Å². The van der Waals surface area contributed by atoms with Gasteiger partial charge in [0.15, 0.2) is 0 Å². The fourth-order valence-electron chi connectivity index (χ4n) is 4.65. The second kappa shape index (κ2) is 14.7. The molecule has 5 nitrogen and oxygen atoms in total. The molecule has 0 amide bonds. The molecular weight excluding hydrogens is 366 g/mol. The van der Waals surface area contributed by atoms with Gasteiger partial charge in [-0.25, -0.2) is 0 Å². The summed E-state index contributed by atoms with van der Waals surface area (Å²) in [6.45, 7) is 11.0. The van der Waals surface area contributed by atoms with E-state index in [4.69, 9.17) is 24.3 Å². The van der Waals surface area contributed by atoms with Gasteiger partial charge < -0.3 is 18.9 Å². The zero-order valence-corrected chi connectivity index (χ0v) is 19.4. The van der Waals surface area contributed by atoms with Crippen molar-refractivity contribution in [2.45, 2.75) is 117 Å². The highest BCUT2D eigenvalue weighted by Crippen LogP contribution is 2.30. The Balaban J connectivity index is 1.86. The molecule has 0 aliphatic heterocycles. The fraction of sp³-hybridized carbons (Fsp3) is 1.00. The van der Waals surface area contributed by atoms with Gasteiger partial charge in [-0.1, -0.05) is 26.7 Å². The first-order valence-corrected chi connectivity index (χ1v) is 12.3. The van der Waals surface area contributed by atoms with Gasteiger partial charge in [0.25, 0.3) is 0 Å². The molecule has 0 bridgehead atoms. The molecule has 0 heterocycles. The first-order chi connectivity index (χ1) is 14.2. The maximum Gasteiger partial charge on any atom is 0.149 e. The maximum absolute atomic E-state index is 6.39. The van der Waals surface area contributed by atoms with E-state index >= 15 is 0 Å². The summed E-state index contributed by atoms with van der Waals surface area (Å²) in [4.78, 5) is 0. The van der Waals surface area contributed by atoms with E-state index in [0.717, 1.165) is 37.5 Å². The number of ether oxygens (including phenoxy) is 4. The van der Waals surface area contributed by atoms with Gasteiger partial charge in [-0.3, -0.25) is 0 Å². The smallest absolute Gasteiger partial charge is 0.149 e. The van der Waals surface area contributed by atoms with E-state index in [9.17, 15) is 0 Å². The Morgan fingerprint density at radius 3 is 1.31 bits per heavy atom. The van der Waals surface area contributed by atoms with Gasteiger partial charge in [-0.05, 0) is 77.0 Å². The molecule has 2 aliphatic rings. The Kier molecular flexibility index (Phi) is 12.7. The topological polar surface area (TPSA) is 51.0 Å². The zero-order chi connectivity index (χ0) is 20.9. The van der Waals surface area contributed by atoms with Crippen LogP contribution < -0.4 is 5.32 Å². The van der Waals surface area contributed by atoms with Gasteiger partial charge in [0.05, 0.1) is 25.4 Å². The summed E-state index contributed by atoms with van der Waals surface area (Å²) in [7, 11) is 0. The molecule has 0 aromatic rings. The van der Waals surface area contributed by atoms with Crippen LogP contribution in [0.4, 0.5) is 0 Å². The number of hydrogen-bond donors (Lipinski definition) is 0. The second-order valence-electron chi connectivity index (χ2n) is 8.75. The molecule has 2 rings (SSSR count). The van der Waals surface area contributed by atoms with Crippen molar-refractivity contribution in [1.29, 1.82) is 0 Å². The highest BCUT2D eigenvalue weighted by molar-refractivity contribution is 4.76. The van der Waals surface area contributed by atoms with Crippen LogP contribution in [0, 0.1) is 11.8 Å². The largest absolute Gasteiger partial charge is 0.378 e. The van der Waals surface area contributed by atoms with Crippen LogP contribution in [0.2, 0.25) is 0 Å². The molecule has 0 saturated heterocycles. The first kappa shape index (κ1) is 25.1. The average molecular weight is 413 g/mol. The standard InChI is InChI=1S/C24H46NO4/c1-5-19-9-13-21(14-10-19)28-23(17-26-7-3)25-24(18-27-8-4)29-22-15-11-20(6-2)12-16-22/h19-24H,5-18H2,1-4H3. The number of hydrogen-bond acceptors (Lipinski definition) is 4. The average Bonchev–Trinajstić information content (AvgIpc) is 2.76. The number of rotatable bonds is 14. The van der Waals surface area contributed by atoms with Crippen molar-refractivity contribution in [3.63, 3.8) is 0 Å². The van der Waals surface area contributed by atoms with Crippen LogP contribution in [0.5, 0.6) is 0 Å². The quantitative estimate of drug-likeness (QED) is 0.389. The minimum atomic E-state index is -0.268. The Bertz CT molecular complexity index is 356. The Morgan fingerprint density at radius 1 is 0.621 bits per heavy atom. The van der Waals surface area contributed by atoms with Crippen LogP contribution in [0.15, 0.2) is 0 Å². The lowest BCUT2D eigenvalue weighted by Crippen LogP contribution is -2.45. The Morgan fingerprint density at radius 2 is 1.00 bits per heavy atom. The Labute approximate surface area is 179 Å². The van der Waals surface area contributed by atoms with Crippen molar-refractivity contribution in [3.8, 4) is 0 Å². The van der Waals surface area contributed by atoms with Crippen LogP contribution in [0.3, 0.4) is 0 Å². The van der Waals surface area contributed by atoms with E-state index < -0.39 is 0 Å². The van der Waals surface area contributed by atoms with Crippen molar-refractivity contribution in [1.82, 2.24) is 5.32 Å². The molecule has 0 N–H and O–H groups in total. The summed E-state index contributed by atoms with van der Waals surface area (Å²) in [6.07, 6.45) is 12.2. The normalized spacial score (nSPS) is 30.2. The summed E-state index contributed by atoms with van der Waals surface area (Å²) in [6, 6.07) is 0. The summed E-state index contributed by atoms with van der Waals surface area (Å²) in [5.41, 5.74) is 0. The Hall–Kier alpha value is -0.200. The van der Waals surface area contributed by atoms with Crippen LogP contribution in [0.25, 0.3) is 0 Å². The third kappa shape index (κ3) is 9.65. The molecule has 2 saturated carbocycles. The van der Waals surface area contributed by atoms with E-state index in [-0.39, 0.29) is 12.5 Å². The lowest BCUT2D eigenvalue weighted by atomic mass is 9.86. The summed E-state index contributed by atoms with van der Waals surface area (Å²) < 4.78 is 24.2. The van der Waals surface area contributed by atoms with Crippen molar-refractivity contribution < 1.29 is 18.9 Å². The second-order valence-corrected chi connectivity index (χ2v) is 8.75. The monoisotopic (exact) mass is 412 g/mol. The van der Waals surface area contributed by atoms with E-state index in [0.29, 0.717) is 38.6 Å². The molecule has 2 aliphatic carbocycles. The molecule has 2 fully saturated rings. The van der Waals surface area contributed by atoms with Gasteiger partial charge in [0, 0.05) is 13.2 Å². The van der Waals surface area contributed by atoms with Crippen LogP contribution >= 0.6 is 0 Å². The minimum absolute atomic E-state index is 0.268.